The summed E-state index contributed by atoms with van der Waals surface area (Å²) < 4.78 is 140. The third kappa shape index (κ3) is 36.5. The van der Waals surface area contributed by atoms with Crippen LogP contribution in [-0.4, -0.2) is 117 Å². The number of esters is 2. The summed E-state index contributed by atoms with van der Waals surface area (Å²) in [5.41, 5.74) is 5.21. The minimum atomic E-state index is -3.82. The van der Waals surface area contributed by atoms with Crippen molar-refractivity contribution in [3.63, 3.8) is 0 Å². The van der Waals surface area contributed by atoms with Crippen molar-refractivity contribution >= 4 is 90.7 Å². The molecule has 2 aliphatic carbocycles. The normalized spacial score (nSPS) is 17.6. The largest absolute Gasteiger partial charge is 0.463 e. The van der Waals surface area contributed by atoms with Gasteiger partial charge in [-0.05, 0) is 193 Å². The lowest BCUT2D eigenvalue weighted by Gasteiger charge is -2.26. The van der Waals surface area contributed by atoms with Crippen LogP contribution in [0.2, 0.25) is 0 Å². The molecule has 2 saturated carbocycles. The summed E-state index contributed by atoms with van der Waals surface area (Å²) in [6, 6.07) is 40.4. The van der Waals surface area contributed by atoms with Crippen LogP contribution in [0, 0.1) is 44.7 Å². The summed E-state index contributed by atoms with van der Waals surface area (Å²) in [7, 11) is -1.99. The van der Waals surface area contributed by atoms with Gasteiger partial charge in [-0.2, -0.15) is 21.0 Å². The third-order valence-electron chi connectivity index (χ3n) is 14.0. The number of benzene rings is 6. The van der Waals surface area contributed by atoms with Crippen molar-refractivity contribution in [1.82, 2.24) is 5.32 Å². The lowest BCUT2D eigenvalue weighted by atomic mass is 9.95. The molecular formula is C69H95N3O24S6. The molecule has 6 aromatic rings. The van der Waals surface area contributed by atoms with E-state index in [1.165, 1.54) is 43.3 Å². The highest BCUT2D eigenvalue weighted by molar-refractivity contribution is 7.86. The lowest BCUT2D eigenvalue weighted by molar-refractivity contribution is -0.384. The highest BCUT2D eigenvalue weighted by atomic mass is 32.2. The topological polar surface area (TPSA) is 341 Å². The van der Waals surface area contributed by atoms with E-state index in [4.69, 9.17) is 57.2 Å². The van der Waals surface area contributed by atoms with Crippen molar-refractivity contribution in [2.45, 2.75) is 184 Å². The van der Waals surface area contributed by atoms with Crippen LogP contribution >= 0.6 is 0 Å². The second kappa shape index (κ2) is 48.2. The van der Waals surface area contributed by atoms with Crippen molar-refractivity contribution in [2.24, 2.45) is 4.99 Å². The van der Waals surface area contributed by atoms with Crippen LogP contribution in [0.1, 0.15) is 129 Å². The van der Waals surface area contributed by atoms with Gasteiger partial charge < -0.3 is 27.3 Å². The fraction of sp³-hybridized carbons (Fsp3) is 0.435. The van der Waals surface area contributed by atoms with Crippen molar-refractivity contribution in [3.05, 3.63) is 184 Å². The van der Waals surface area contributed by atoms with Crippen molar-refractivity contribution in [3.8, 4) is 17.2 Å². The Morgan fingerprint density at radius 2 is 0.902 bits per heavy atom. The molecule has 8 rings (SSSR count). The summed E-state index contributed by atoms with van der Waals surface area (Å²) in [5.74, 6) is 0.511. The maximum absolute atomic E-state index is 12.1. The molecule has 2 aliphatic rings. The molecule has 566 valence electrons. The quantitative estimate of drug-likeness (QED) is 0.00998. The van der Waals surface area contributed by atoms with Gasteiger partial charge in [-0.1, -0.05) is 102 Å². The predicted octanol–water partition coefficient (Wildman–Crippen LogP) is 13.2. The Kier molecular flexibility index (Phi) is 41.3. The van der Waals surface area contributed by atoms with Crippen LogP contribution in [0.3, 0.4) is 0 Å². The molecule has 0 heterocycles. The zero-order valence-corrected chi connectivity index (χ0v) is 63.5. The molecule has 0 aliphatic heterocycles. The Morgan fingerprint density at radius 3 is 1.26 bits per heavy atom. The third-order valence-corrected chi connectivity index (χ3v) is 19.4. The number of carbonyl (C=O) groups is 2. The van der Waals surface area contributed by atoms with Crippen molar-refractivity contribution < 1.29 is 104 Å². The van der Waals surface area contributed by atoms with Gasteiger partial charge in [-0.15, -0.1) is 8.67 Å². The standard InChI is InChI=1S/C20H24O6S2.C19H21NO8S2.C14H20O5S.C13H18O5S.C3H8N2.2H2/c1-15-3-7-18(8-4-15)24-28(22)25-19-11-9-17(10-12-19)23-26-27(21)20-13-5-16(2)6-14-20;1-14-2-12-19(13-3-14)29(23)28-25-16-8-10-18(11-9-16)27-30(24)26-17-6-4-15(5-7-17)20(21)22;1-4-5-14(15)17-10-12(3)18-20(16)19-13-8-6-11(2)7-9-13;1-4-13(14)17-9-11(3)18-19(15,16)12-7-5-10(2)6-8-12;1-4-3-5-2;;/h3-8,13-14,17,19H,9-12H2,1-2H3;2-7,12-13,16,18H,8-11H2,1H3;6-9,12H,4-5,10H2,1-3H3;5-8,11H,4,9H2,1-3H3;5H,1,3H2,2H3;2*1H. The zero-order valence-electron chi connectivity index (χ0n) is 58.6. The molecule has 27 nitrogen and oxygen atoms in total. The highest BCUT2D eigenvalue weighted by Crippen LogP contribution is 2.29. The van der Waals surface area contributed by atoms with Crippen molar-refractivity contribution in [1.29, 1.82) is 0 Å². The first-order valence-electron chi connectivity index (χ1n) is 32.4. The van der Waals surface area contributed by atoms with E-state index >= 15 is 0 Å². The second-order valence-electron chi connectivity index (χ2n) is 22.9. The number of aryl methyl sites for hydroxylation is 5. The van der Waals surface area contributed by atoms with Gasteiger partial charge in [0.1, 0.15) is 42.7 Å². The molecule has 0 saturated heterocycles. The van der Waals surface area contributed by atoms with E-state index in [0.29, 0.717) is 85.7 Å². The van der Waals surface area contributed by atoms with E-state index in [2.05, 4.69) is 17.0 Å². The number of rotatable bonds is 33. The van der Waals surface area contributed by atoms with Gasteiger partial charge in [-0.3, -0.25) is 41.4 Å². The molecule has 7 unspecified atom stereocenters. The van der Waals surface area contributed by atoms with E-state index in [1.54, 1.807) is 74.5 Å². The maximum atomic E-state index is 12.1. The SMILES string of the molecule is C=NCNC.CCC(=O)OCC(C)OS(=O)(=O)c1ccc(C)cc1.CCCC(=O)OCC(C)OS(=O)Oc1ccc(C)cc1.Cc1ccc(OS(=O)OC2CCC(OOS(=O)c3ccc(C)cc3)CC2)cc1.Cc1ccc(S(=O)OOC2CCC(OS(=O)Oc3ccc([N+](=O)[O-])cc3)CC2)cc1.[HH].[HH]. The minimum absolute atomic E-state index is 0. The van der Waals surface area contributed by atoms with Crippen LogP contribution in [0.25, 0.3) is 0 Å². The summed E-state index contributed by atoms with van der Waals surface area (Å²) in [6.45, 7) is 20.3. The first-order valence-corrected chi connectivity index (χ1v) is 39.0. The molecule has 1 N–H and O–H groups in total. The van der Waals surface area contributed by atoms with Gasteiger partial charge in [0.25, 0.3) is 15.8 Å². The summed E-state index contributed by atoms with van der Waals surface area (Å²) in [5, 5.41) is 13.4. The average molecular weight is 1540 g/mol. The number of nitrogens with one attached hydrogen (secondary N) is 1. The van der Waals surface area contributed by atoms with Gasteiger partial charge in [0.15, 0.2) is 0 Å². The first kappa shape index (κ1) is 87.5. The number of hydrogen-bond acceptors (Lipinski definition) is 26. The first-order chi connectivity index (χ1) is 48.7. The van der Waals surface area contributed by atoms with E-state index < -0.39 is 83.5 Å². The van der Waals surface area contributed by atoms with Gasteiger partial charge in [0.05, 0.1) is 50.7 Å². The number of carbonyl (C=O) groups excluding carboxylic acids is 2. The number of aliphatic imine (C=N–C) groups is 1. The number of nitro benzene ring substituents is 1. The van der Waals surface area contributed by atoms with Crippen LogP contribution < -0.4 is 17.9 Å². The molecular weight excluding hydrogens is 1450 g/mol. The van der Waals surface area contributed by atoms with Crippen LogP contribution in [-0.2, 0) is 121 Å². The van der Waals surface area contributed by atoms with Crippen molar-refractivity contribution in [2.75, 3.05) is 26.9 Å². The lowest BCUT2D eigenvalue weighted by Crippen LogP contribution is -2.28. The Bertz CT molecular complexity index is 3710. The number of non-ortho nitro benzene ring substituents is 1. The Hall–Kier alpha value is -6.93. The maximum Gasteiger partial charge on any atom is 0.360 e. The highest BCUT2D eigenvalue weighted by Gasteiger charge is 2.28. The van der Waals surface area contributed by atoms with E-state index in [9.17, 15) is 49.2 Å². The number of ether oxygens (including phenoxy) is 2. The average Bonchev–Trinajstić information content (AvgIpc) is 0.846. The molecule has 0 aromatic heterocycles. The van der Waals surface area contributed by atoms with Gasteiger partial charge >= 0.3 is 46.0 Å². The van der Waals surface area contributed by atoms with Gasteiger partial charge in [0.2, 0.25) is 22.2 Å². The van der Waals surface area contributed by atoms with Crippen LogP contribution in [0.15, 0.2) is 165 Å². The van der Waals surface area contributed by atoms with Gasteiger partial charge in [0, 0.05) is 27.8 Å². The molecule has 2 fully saturated rings. The molecule has 0 amide bonds. The molecule has 33 heteroatoms. The monoisotopic (exact) mass is 1540 g/mol. The zero-order chi connectivity index (χ0) is 75.0. The number of nitrogens with zero attached hydrogens (tertiary/aromatic N) is 2. The van der Waals surface area contributed by atoms with E-state index in [-0.39, 0.29) is 75.2 Å². The van der Waals surface area contributed by atoms with E-state index in [0.717, 1.165) is 34.2 Å². The van der Waals surface area contributed by atoms with E-state index in [1.807, 2.05) is 97.1 Å². The number of nitro groups is 1. The Morgan fingerprint density at radius 1 is 0.549 bits per heavy atom. The summed E-state index contributed by atoms with van der Waals surface area (Å²) >= 11 is -9.15. The molecule has 7 atom stereocenters. The predicted molar refractivity (Wildman–Crippen MR) is 390 cm³/mol. The molecule has 0 bridgehead atoms. The fourth-order valence-electron chi connectivity index (χ4n) is 8.41. The molecule has 0 spiro atoms. The van der Waals surface area contributed by atoms with Gasteiger partial charge in [-0.25, -0.2) is 18.2 Å². The summed E-state index contributed by atoms with van der Waals surface area (Å²) in [6.07, 6.45) is 4.24. The van der Waals surface area contributed by atoms with Crippen LogP contribution in [0.4, 0.5) is 5.69 Å². The Labute approximate surface area is 613 Å². The number of hydrogen-bond donors (Lipinski definition) is 1. The second-order valence-corrected chi connectivity index (χ2v) is 29.0. The summed E-state index contributed by atoms with van der Waals surface area (Å²) in [4.78, 5) is 47.5. The molecule has 102 heavy (non-hydrogen) atoms. The molecule has 6 aromatic carbocycles. The molecule has 0 radical (unpaired) electrons. The van der Waals surface area contributed by atoms with Crippen LogP contribution in [0.5, 0.6) is 17.2 Å². The smallest absolute Gasteiger partial charge is 0.360 e. The fourth-order valence-corrected chi connectivity index (χ4v) is 12.8. The Balaban J connectivity index is 0.000000465. The minimum Gasteiger partial charge on any atom is -0.463 e.